The van der Waals surface area contributed by atoms with Crippen molar-refractivity contribution in [1.82, 2.24) is 4.98 Å². The first-order chi connectivity index (χ1) is 12.9. The van der Waals surface area contributed by atoms with Gasteiger partial charge in [0.15, 0.2) is 28.9 Å². The Morgan fingerprint density at radius 3 is 2.44 bits per heavy atom. The van der Waals surface area contributed by atoms with Gasteiger partial charge in [-0.15, -0.1) is 0 Å². The van der Waals surface area contributed by atoms with Crippen LogP contribution in [-0.2, 0) is 0 Å². The molecule has 27 heavy (non-hydrogen) atoms. The number of rotatable bonds is 6. The van der Waals surface area contributed by atoms with Crippen molar-refractivity contribution in [3.8, 4) is 23.0 Å². The van der Waals surface area contributed by atoms with E-state index in [0.29, 0.717) is 22.4 Å². The molecule has 1 heterocycles. The van der Waals surface area contributed by atoms with E-state index in [1.807, 2.05) is 0 Å². The Kier molecular flexibility index (Phi) is 5.27. The van der Waals surface area contributed by atoms with Crippen LogP contribution in [-0.4, -0.2) is 29.9 Å². The highest BCUT2D eigenvalue weighted by Crippen LogP contribution is 2.38. The minimum atomic E-state index is -0.920. The van der Waals surface area contributed by atoms with E-state index in [0.717, 1.165) is 12.1 Å². The smallest absolute Gasteiger partial charge is 0.198 e. The summed E-state index contributed by atoms with van der Waals surface area (Å²) in [6, 6.07) is 6.61. The van der Waals surface area contributed by atoms with Crippen LogP contribution in [0.4, 0.5) is 14.5 Å². The summed E-state index contributed by atoms with van der Waals surface area (Å²) in [6.45, 7) is 1.49. The van der Waals surface area contributed by atoms with Crippen LogP contribution < -0.4 is 19.9 Å². The maximum absolute atomic E-state index is 14.1. The molecule has 0 amide bonds. The van der Waals surface area contributed by atoms with E-state index in [-0.39, 0.29) is 18.0 Å². The van der Waals surface area contributed by atoms with Crippen molar-refractivity contribution in [3.63, 3.8) is 0 Å². The third kappa shape index (κ3) is 3.85. The van der Waals surface area contributed by atoms with Crippen LogP contribution in [0.15, 0.2) is 36.5 Å². The molecule has 0 fully saturated rings. The Morgan fingerprint density at radius 1 is 1.11 bits per heavy atom. The SMILES string of the molecule is COc1cc2nccc(Oc3c(F)cc(N)cc3F)c2cc1OC(C)CO. The van der Waals surface area contributed by atoms with Crippen molar-refractivity contribution in [3.05, 3.63) is 48.2 Å². The van der Waals surface area contributed by atoms with Crippen LogP contribution in [0.3, 0.4) is 0 Å². The number of aromatic nitrogens is 1. The molecule has 3 N–H and O–H groups in total. The molecule has 1 aromatic heterocycles. The topological polar surface area (TPSA) is 86.8 Å². The number of halogens is 2. The zero-order chi connectivity index (χ0) is 19.6. The number of pyridine rings is 1. The minimum Gasteiger partial charge on any atom is -0.493 e. The number of methoxy groups -OCH3 is 1. The molecule has 1 unspecified atom stereocenters. The van der Waals surface area contributed by atoms with Crippen molar-refractivity contribution in [2.24, 2.45) is 0 Å². The molecular weight excluding hydrogens is 358 g/mol. The number of benzene rings is 2. The molecule has 0 aliphatic rings. The summed E-state index contributed by atoms with van der Waals surface area (Å²) < 4.78 is 44.6. The lowest BCUT2D eigenvalue weighted by atomic mass is 10.1. The fraction of sp³-hybridized carbons (Fsp3) is 0.211. The zero-order valence-electron chi connectivity index (χ0n) is 14.7. The van der Waals surface area contributed by atoms with Gasteiger partial charge in [0.1, 0.15) is 11.9 Å². The van der Waals surface area contributed by atoms with Gasteiger partial charge >= 0.3 is 0 Å². The van der Waals surface area contributed by atoms with E-state index in [2.05, 4.69) is 4.98 Å². The van der Waals surface area contributed by atoms with Crippen molar-refractivity contribution in [2.75, 3.05) is 19.5 Å². The van der Waals surface area contributed by atoms with E-state index in [9.17, 15) is 13.9 Å². The molecule has 0 aliphatic heterocycles. The van der Waals surface area contributed by atoms with Gasteiger partial charge in [-0.2, -0.15) is 0 Å². The number of hydrogen-bond acceptors (Lipinski definition) is 6. The summed E-state index contributed by atoms with van der Waals surface area (Å²) in [7, 11) is 1.47. The van der Waals surface area contributed by atoms with E-state index in [1.165, 1.54) is 19.4 Å². The van der Waals surface area contributed by atoms with Crippen molar-refractivity contribution in [1.29, 1.82) is 0 Å². The molecule has 0 saturated heterocycles. The first kappa shape index (κ1) is 18.7. The number of aliphatic hydroxyl groups is 1. The molecule has 0 aliphatic carbocycles. The van der Waals surface area contributed by atoms with Crippen LogP contribution in [0, 0.1) is 11.6 Å². The highest BCUT2D eigenvalue weighted by atomic mass is 19.1. The molecule has 6 nitrogen and oxygen atoms in total. The number of nitrogen functional groups attached to an aromatic ring is 1. The van der Waals surface area contributed by atoms with Crippen LogP contribution in [0.1, 0.15) is 6.92 Å². The normalized spacial score (nSPS) is 12.0. The maximum Gasteiger partial charge on any atom is 0.198 e. The van der Waals surface area contributed by atoms with Gasteiger partial charge in [0.05, 0.1) is 19.2 Å². The second-order valence-electron chi connectivity index (χ2n) is 5.86. The largest absolute Gasteiger partial charge is 0.493 e. The fourth-order valence-electron chi connectivity index (χ4n) is 2.51. The summed E-state index contributed by atoms with van der Waals surface area (Å²) in [5, 5.41) is 9.66. The Hall–Kier alpha value is -3.13. The predicted molar refractivity (Wildman–Crippen MR) is 96.3 cm³/mol. The average Bonchev–Trinajstić information content (AvgIpc) is 2.64. The molecule has 3 aromatic rings. The molecule has 0 radical (unpaired) electrons. The van der Waals surface area contributed by atoms with E-state index in [4.69, 9.17) is 19.9 Å². The molecule has 8 heteroatoms. The summed E-state index contributed by atoms with van der Waals surface area (Å²) in [4.78, 5) is 4.22. The lowest BCUT2D eigenvalue weighted by molar-refractivity contribution is 0.126. The first-order valence-electron chi connectivity index (χ1n) is 8.09. The standard InChI is InChI=1S/C19H18F2N2O4/c1-10(9-24)26-18-7-12-15(8-17(18)25-2)23-4-3-16(12)27-19-13(20)5-11(22)6-14(19)21/h3-8,10,24H,9,22H2,1-2H3. The van der Waals surface area contributed by atoms with Crippen LogP contribution in [0.5, 0.6) is 23.0 Å². The Balaban J connectivity index is 2.10. The van der Waals surface area contributed by atoms with Gasteiger partial charge in [0.25, 0.3) is 0 Å². The number of nitrogens with zero attached hydrogens (tertiary/aromatic N) is 1. The minimum absolute atomic E-state index is 0.0460. The average molecular weight is 376 g/mol. The molecule has 3 rings (SSSR count). The van der Waals surface area contributed by atoms with Crippen molar-refractivity contribution < 1.29 is 28.1 Å². The zero-order valence-corrected chi connectivity index (χ0v) is 14.7. The second kappa shape index (κ2) is 7.63. The van der Waals surface area contributed by atoms with E-state index >= 15 is 0 Å². The predicted octanol–water partition coefficient (Wildman–Crippen LogP) is 3.66. The fourth-order valence-corrected chi connectivity index (χ4v) is 2.51. The molecule has 0 saturated carbocycles. The molecule has 2 aromatic carbocycles. The second-order valence-corrected chi connectivity index (χ2v) is 5.86. The van der Waals surface area contributed by atoms with Crippen molar-refractivity contribution in [2.45, 2.75) is 13.0 Å². The van der Waals surface area contributed by atoms with Crippen molar-refractivity contribution >= 4 is 16.6 Å². The van der Waals surface area contributed by atoms with Gasteiger partial charge in [0, 0.05) is 35.5 Å². The Bertz CT molecular complexity index is 958. The van der Waals surface area contributed by atoms with Crippen LogP contribution >= 0.6 is 0 Å². The molecular formula is C19H18F2N2O4. The number of nitrogens with two attached hydrogens (primary N) is 1. The van der Waals surface area contributed by atoms with E-state index in [1.54, 1.807) is 19.1 Å². The van der Waals surface area contributed by atoms with Gasteiger partial charge in [-0.3, -0.25) is 4.98 Å². The highest BCUT2D eigenvalue weighted by molar-refractivity contribution is 5.88. The first-order valence-corrected chi connectivity index (χ1v) is 8.09. The molecule has 1 atom stereocenters. The number of aliphatic hydroxyl groups excluding tert-OH is 1. The third-order valence-corrected chi connectivity index (χ3v) is 3.80. The lowest BCUT2D eigenvalue weighted by Crippen LogP contribution is -2.16. The summed E-state index contributed by atoms with van der Waals surface area (Å²) in [5.41, 5.74) is 5.86. The van der Waals surface area contributed by atoms with Gasteiger partial charge < -0.3 is 25.1 Å². The Morgan fingerprint density at radius 2 is 1.81 bits per heavy atom. The van der Waals surface area contributed by atoms with Crippen LogP contribution in [0.25, 0.3) is 10.9 Å². The number of fused-ring (bicyclic) bond motifs is 1. The Labute approximate surface area is 154 Å². The maximum atomic E-state index is 14.1. The number of ether oxygens (including phenoxy) is 3. The van der Waals surface area contributed by atoms with Gasteiger partial charge in [-0.25, -0.2) is 8.78 Å². The van der Waals surface area contributed by atoms with Gasteiger partial charge in [-0.1, -0.05) is 0 Å². The summed E-state index contributed by atoms with van der Waals surface area (Å²) in [6.07, 6.45) is 0.963. The number of hydrogen-bond donors (Lipinski definition) is 2. The number of anilines is 1. The quantitative estimate of drug-likeness (QED) is 0.639. The van der Waals surface area contributed by atoms with E-state index < -0.39 is 23.5 Å². The monoisotopic (exact) mass is 376 g/mol. The summed E-state index contributed by atoms with van der Waals surface area (Å²) >= 11 is 0. The van der Waals surface area contributed by atoms with Gasteiger partial charge in [-0.05, 0) is 19.1 Å². The summed E-state index contributed by atoms with van der Waals surface area (Å²) in [5.74, 6) is -1.50. The molecule has 142 valence electrons. The third-order valence-electron chi connectivity index (χ3n) is 3.80. The lowest BCUT2D eigenvalue weighted by Gasteiger charge is -2.17. The highest BCUT2D eigenvalue weighted by Gasteiger charge is 2.17. The van der Waals surface area contributed by atoms with Gasteiger partial charge in [0.2, 0.25) is 0 Å². The van der Waals surface area contributed by atoms with Crippen LogP contribution in [0.2, 0.25) is 0 Å². The molecule has 0 spiro atoms. The molecule has 0 bridgehead atoms.